The summed E-state index contributed by atoms with van der Waals surface area (Å²) in [4.78, 5) is 19.5. The first-order valence-electron chi connectivity index (χ1n) is 11.4. The van der Waals surface area contributed by atoms with Crippen molar-refractivity contribution in [2.45, 2.75) is 57.3 Å². The Kier molecular flexibility index (Phi) is 6.20. The number of nitrogens with one attached hydrogen (secondary N) is 1. The van der Waals surface area contributed by atoms with Gasteiger partial charge in [-0.15, -0.1) is 0 Å². The van der Waals surface area contributed by atoms with Gasteiger partial charge in [0.2, 0.25) is 0 Å². The van der Waals surface area contributed by atoms with Gasteiger partial charge in [0.05, 0.1) is 18.3 Å². The molecule has 0 unspecified atom stereocenters. The lowest BCUT2D eigenvalue weighted by molar-refractivity contribution is -0.163. The zero-order valence-electron chi connectivity index (χ0n) is 19.6. The van der Waals surface area contributed by atoms with E-state index in [1.54, 1.807) is 24.5 Å². The highest BCUT2D eigenvalue weighted by molar-refractivity contribution is 6.30. The van der Waals surface area contributed by atoms with Crippen LogP contribution in [0.25, 0.3) is 11.0 Å². The van der Waals surface area contributed by atoms with Gasteiger partial charge in [-0.25, -0.2) is 14.8 Å². The minimum absolute atomic E-state index is 0.0602. The van der Waals surface area contributed by atoms with Gasteiger partial charge in [0.1, 0.15) is 36.9 Å². The molecule has 2 aliphatic rings. The van der Waals surface area contributed by atoms with Gasteiger partial charge in [0.25, 0.3) is 0 Å². The Labute approximate surface area is 207 Å². The van der Waals surface area contributed by atoms with Gasteiger partial charge in [0.15, 0.2) is 17.3 Å². The van der Waals surface area contributed by atoms with Gasteiger partial charge in [0, 0.05) is 29.1 Å². The zero-order chi connectivity index (χ0) is 24.7. The second-order valence-electron chi connectivity index (χ2n) is 9.11. The molecule has 1 saturated carbocycles. The molecule has 35 heavy (non-hydrogen) atoms. The molecular weight excluding hydrogens is 476 g/mol. The molecule has 1 aliphatic carbocycles. The lowest BCUT2D eigenvalue weighted by Gasteiger charge is -2.25. The molecule has 0 bridgehead atoms. The average molecular weight is 503 g/mol. The maximum absolute atomic E-state index is 10.7. The molecule has 2 N–H and O–H groups in total. The molecule has 1 aliphatic heterocycles. The standard InChI is InChI=1S/C24H27ClN4O6/c1-13-15-6-8-29(22(15)28-12-27-13)16-11-19(21-20(16)34-24(2,3)35-21)33-17-5-4-14(25)10-18(17)32-9-7-26-23(30)31/h4-6,8,10,12,16,19-21,26H,7,9,11H2,1-3H3,(H,30,31)/t16-,19+,20+,21-/m1/s1. The van der Waals surface area contributed by atoms with Crippen LogP contribution in [0.3, 0.4) is 0 Å². The van der Waals surface area contributed by atoms with Crippen LogP contribution in [0.4, 0.5) is 4.79 Å². The summed E-state index contributed by atoms with van der Waals surface area (Å²) in [6, 6.07) is 7.07. The number of hydrogen-bond acceptors (Lipinski definition) is 7. The number of carbonyl (C=O) groups is 1. The van der Waals surface area contributed by atoms with Gasteiger partial charge < -0.3 is 33.9 Å². The number of fused-ring (bicyclic) bond motifs is 2. The van der Waals surface area contributed by atoms with Gasteiger partial charge >= 0.3 is 6.09 Å². The number of ether oxygens (including phenoxy) is 4. The Morgan fingerprint density at radius 3 is 2.86 bits per heavy atom. The number of carboxylic acid groups (broad SMARTS) is 1. The lowest BCUT2D eigenvalue weighted by Crippen LogP contribution is -2.33. The summed E-state index contributed by atoms with van der Waals surface area (Å²) >= 11 is 6.18. The fourth-order valence-electron chi connectivity index (χ4n) is 4.83. The molecule has 2 aromatic heterocycles. The fourth-order valence-corrected chi connectivity index (χ4v) is 5.00. The summed E-state index contributed by atoms with van der Waals surface area (Å²) < 4.78 is 26.9. The first kappa shape index (κ1) is 23.7. The van der Waals surface area contributed by atoms with E-state index in [1.807, 2.05) is 33.0 Å². The highest BCUT2D eigenvalue weighted by Crippen LogP contribution is 2.47. The van der Waals surface area contributed by atoms with E-state index >= 15 is 0 Å². The van der Waals surface area contributed by atoms with Crippen LogP contribution in [0.1, 0.15) is 32.0 Å². The maximum Gasteiger partial charge on any atom is 0.404 e. The van der Waals surface area contributed by atoms with Crippen LogP contribution in [0.5, 0.6) is 11.5 Å². The Balaban J connectivity index is 1.41. The van der Waals surface area contributed by atoms with E-state index in [0.717, 1.165) is 16.7 Å². The van der Waals surface area contributed by atoms with Gasteiger partial charge in [-0.1, -0.05) is 11.6 Å². The van der Waals surface area contributed by atoms with Crippen molar-refractivity contribution in [3.8, 4) is 11.5 Å². The molecule has 4 atom stereocenters. The molecule has 1 aromatic carbocycles. The molecule has 0 spiro atoms. The average Bonchev–Trinajstić information content (AvgIpc) is 3.45. The quantitative estimate of drug-likeness (QED) is 0.466. The van der Waals surface area contributed by atoms with E-state index in [-0.39, 0.29) is 37.5 Å². The Morgan fingerprint density at radius 2 is 2.06 bits per heavy atom. The maximum atomic E-state index is 10.7. The van der Waals surface area contributed by atoms with Crippen molar-refractivity contribution in [1.29, 1.82) is 0 Å². The van der Waals surface area contributed by atoms with E-state index < -0.39 is 11.9 Å². The summed E-state index contributed by atoms with van der Waals surface area (Å²) in [5.74, 6) is 0.168. The van der Waals surface area contributed by atoms with Crippen molar-refractivity contribution < 1.29 is 28.8 Å². The first-order chi connectivity index (χ1) is 16.7. The van der Waals surface area contributed by atoms with E-state index in [1.165, 1.54) is 0 Å². The lowest BCUT2D eigenvalue weighted by atomic mass is 10.2. The van der Waals surface area contributed by atoms with Crippen LogP contribution in [0.2, 0.25) is 5.02 Å². The predicted octanol–water partition coefficient (Wildman–Crippen LogP) is 3.95. The van der Waals surface area contributed by atoms with Crippen molar-refractivity contribution in [3.63, 3.8) is 0 Å². The van der Waals surface area contributed by atoms with Gasteiger partial charge in [-0.05, 0) is 39.0 Å². The van der Waals surface area contributed by atoms with E-state index in [4.69, 9.17) is 35.7 Å². The molecular formula is C24H27ClN4O6. The number of amides is 1. The fraction of sp³-hybridized carbons (Fsp3) is 0.458. The third-order valence-electron chi connectivity index (χ3n) is 6.27. The molecule has 1 saturated heterocycles. The van der Waals surface area contributed by atoms with Crippen LogP contribution in [0.15, 0.2) is 36.8 Å². The summed E-state index contributed by atoms with van der Waals surface area (Å²) in [6.07, 6.45) is 2.22. The molecule has 1 amide bonds. The third-order valence-corrected chi connectivity index (χ3v) is 6.50. The minimum atomic E-state index is -1.11. The predicted molar refractivity (Wildman–Crippen MR) is 127 cm³/mol. The highest BCUT2D eigenvalue weighted by Gasteiger charge is 2.56. The van der Waals surface area contributed by atoms with Crippen molar-refractivity contribution in [1.82, 2.24) is 19.9 Å². The number of aromatic nitrogens is 3. The summed E-state index contributed by atoms with van der Waals surface area (Å²) in [6.45, 7) is 6.01. The molecule has 0 radical (unpaired) electrons. The monoisotopic (exact) mass is 502 g/mol. The van der Waals surface area contributed by atoms with E-state index in [9.17, 15) is 4.79 Å². The number of benzene rings is 1. The van der Waals surface area contributed by atoms with Crippen LogP contribution in [-0.4, -0.2) is 63.0 Å². The molecule has 3 aromatic rings. The van der Waals surface area contributed by atoms with Gasteiger partial charge in [-0.3, -0.25) is 0 Å². The summed E-state index contributed by atoms with van der Waals surface area (Å²) in [5, 5.41) is 12.5. The smallest absolute Gasteiger partial charge is 0.404 e. The minimum Gasteiger partial charge on any atom is -0.488 e. The third kappa shape index (κ3) is 4.73. The van der Waals surface area contributed by atoms with Crippen LogP contribution >= 0.6 is 11.6 Å². The Hall–Kier alpha value is -3.08. The topological polar surface area (TPSA) is 117 Å². The Morgan fingerprint density at radius 1 is 1.26 bits per heavy atom. The second kappa shape index (κ2) is 9.18. The van der Waals surface area contributed by atoms with Crippen LogP contribution < -0.4 is 14.8 Å². The van der Waals surface area contributed by atoms with Crippen molar-refractivity contribution >= 4 is 28.7 Å². The zero-order valence-corrected chi connectivity index (χ0v) is 20.4. The normalized spacial score (nSPS) is 24.9. The molecule has 3 heterocycles. The Bertz CT molecular complexity index is 1250. The number of rotatable bonds is 7. The molecule has 5 rings (SSSR count). The number of aryl methyl sites for hydroxylation is 1. The summed E-state index contributed by atoms with van der Waals surface area (Å²) in [5.41, 5.74) is 1.76. The summed E-state index contributed by atoms with van der Waals surface area (Å²) in [7, 11) is 0. The van der Waals surface area contributed by atoms with E-state index in [2.05, 4.69) is 19.9 Å². The molecule has 2 fully saturated rings. The van der Waals surface area contributed by atoms with Gasteiger partial charge in [-0.2, -0.15) is 0 Å². The number of nitrogens with zero attached hydrogens (tertiary/aromatic N) is 3. The first-order valence-corrected chi connectivity index (χ1v) is 11.8. The molecule has 10 nitrogen and oxygen atoms in total. The molecule has 186 valence electrons. The second-order valence-corrected chi connectivity index (χ2v) is 9.55. The number of halogens is 1. The van der Waals surface area contributed by atoms with Crippen LogP contribution in [0, 0.1) is 6.92 Å². The SMILES string of the molecule is Cc1ncnc2c1ccn2[C@@H]1C[C@H](Oc2ccc(Cl)cc2OCCNC(=O)O)[C@H]2OC(C)(C)O[C@H]21. The van der Waals surface area contributed by atoms with Crippen molar-refractivity contribution in [3.05, 3.63) is 47.5 Å². The van der Waals surface area contributed by atoms with Crippen molar-refractivity contribution in [2.24, 2.45) is 0 Å². The number of hydrogen-bond donors (Lipinski definition) is 2. The van der Waals surface area contributed by atoms with E-state index in [0.29, 0.717) is 22.9 Å². The van der Waals surface area contributed by atoms with Crippen LogP contribution in [-0.2, 0) is 9.47 Å². The highest BCUT2D eigenvalue weighted by atomic mass is 35.5. The van der Waals surface area contributed by atoms with Crippen molar-refractivity contribution in [2.75, 3.05) is 13.2 Å². The molecule has 11 heteroatoms. The largest absolute Gasteiger partial charge is 0.488 e.